The van der Waals surface area contributed by atoms with Crippen LogP contribution in [0.1, 0.15) is 0 Å². The minimum absolute atomic E-state index is 0.200. The molecule has 1 aromatic rings. The molecule has 0 atom stereocenters. The van der Waals surface area contributed by atoms with Gasteiger partial charge in [-0.3, -0.25) is 13.8 Å². The summed E-state index contributed by atoms with van der Waals surface area (Å²) >= 11 is 0. The van der Waals surface area contributed by atoms with Gasteiger partial charge in [0.05, 0.1) is 22.9 Å². The third-order valence-corrected chi connectivity index (χ3v) is 4.66. The highest BCUT2D eigenvalue weighted by atomic mass is 32.3. The van der Waals surface area contributed by atoms with Gasteiger partial charge in [0.25, 0.3) is 0 Å². The summed E-state index contributed by atoms with van der Waals surface area (Å²) in [6.07, 6.45) is 0. The number of hydrogen-bond acceptors (Lipinski definition) is 7. The van der Waals surface area contributed by atoms with Gasteiger partial charge in [-0.05, 0) is 18.2 Å². The zero-order valence-corrected chi connectivity index (χ0v) is 12.7. The Labute approximate surface area is 121 Å². The SMILES string of the molecule is O=S(=O)(O)Nc1cccc(S(=O)(=O)CCOS(=O)(=O)O)c1. The van der Waals surface area contributed by atoms with Crippen molar-refractivity contribution in [1.29, 1.82) is 0 Å². The molecule has 0 saturated heterocycles. The van der Waals surface area contributed by atoms with Crippen LogP contribution in [0.5, 0.6) is 0 Å². The summed E-state index contributed by atoms with van der Waals surface area (Å²) < 4.78 is 88.0. The Morgan fingerprint density at radius 2 is 1.67 bits per heavy atom. The van der Waals surface area contributed by atoms with Crippen LogP contribution in [-0.4, -0.2) is 46.7 Å². The van der Waals surface area contributed by atoms with Crippen molar-refractivity contribution in [2.45, 2.75) is 4.90 Å². The minimum atomic E-state index is -4.75. The van der Waals surface area contributed by atoms with Crippen LogP contribution >= 0.6 is 0 Å². The van der Waals surface area contributed by atoms with Crippen LogP contribution in [0.25, 0.3) is 0 Å². The standard InChI is InChI=1S/C8H11NO9S3/c10-19(11,5-4-18-21(15,16)17)8-3-1-2-7(6-8)9-20(12,13)14/h1-3,6,9H,4-5H2,(H,12,13,14)(H,15,16,17). The normalized spacial score (nSPS) is 13.0. The molecule has 1 rings (SSSR count). The highest BCUT2D eigenvalue weighted by Gasteiger charge is 2.17. The molecule has 0 unspecified atom stereocenters. The Bertz CT molecular complexity index is 810. The van der Waals surface area contributed by atoms with Crippen LogP contribution in [0.4, 0.5) is 5.69 Å². The lowest BCUT2D eigenvalue weighted by Crippen LogP contribution is -2.16. The maximum atomic E-state index is 11.8. The molecule has 0 fully saturated rings. The molecule has 0 aliphatic carbocycles. The Morgan fingerprint density at radius 1 is 1.05 bits per heavy atom. The van der Waals surface area contributed by atoms with E-state index in [0.717, 1.165) is 12.1 Å². The first-order chi connectivity index (χ1) is 9.39. The molecule has 0 radical (unpaired) electrons. The van der Waals surface area contributed by atoms with E-state index in [1.165, 1.54) is 12.1 Å². The molecule has 0 aliphatic heterocycles. The fourth-order valence-corrected chi connectivity index (χ4v) is 3.22. The quantitative estimate of drug-likeness (QED) is 0.543. The van der Waals surface area contributed by atoms with Crippen molar-refractivity contribution in [2.24, 2.45) is 0 Å². The van der Waals surface area contributed by atoms with Crippen LogP contribution in [0.3, 0.4) is 0 Å². The second kappa shape index (κ2) is 6.25. The van der Waals surface area contributed by atoms with Gasteiger partial charge in [-0.2, -0.15) is 16.8 Å². The van der Waals surface area contributed by atoms with Crippen molar-refractivity contribution in [3.05, 3.63) is 24.3 Å². The van der Waals surface area contributed by atoms with Gasteiger partial charge >= 0.3 is 20.7 Å². The van der Waals surface area contributed by atoms with Gasteiger partial charge in [-0.1, -0.05) is 6.07 Å². The number of anilines is 1. The van der Waals surface area contributed by atoms with Crippen LogP contribution in [0, 0.1) is 0 Å². The highest BCUT2D eigenvalue weighted by Crippen LogP contribution is 2.17. The summed E-state index contributed by atoms with van der Waals surface area (Å²) in [4.78, 5) is -0.324. The minimum Gasteiger partial charge on any atom is -0.269 e. The van der Waals surface area contributed by atoms with Gasteiger partial charge in [0, 0.05) is 0 Å². The predicted molar refractivity (Wildman–Crippen MR) is 71.2 cm³/mol. The van der Waals surface area contributed by atoms with Crippen LogP contribution in [-0.2, 0) is 34.7 Å². The number of nitrogens with one attached hydrogen (secondary N) is 1. The van der Waals surface area contributed by atoms with Gasteiger partial charge in [-0.25, -0.2) is 12.6 Å². The Balaban J connectivity index is 2.91. The number of rotatable bonds is 7. The van der Waals surface area contributed by atoms with E-state index >= 15 is 0 Å². The fraction of sp³-hybridized carbons (Fsp3) is 0.250. The van der Waals surface area contributed by atoms with Gasteiger partial charge in [0.15, 0.2) is 9.84 Å². The summed E-state index contributed by atoms with van der Waals surface area (Å²) in [6.45, 7) is -0.808. The maximum absolute atomic E-state index is 11.8. The number of sulfone groups is 1. The lowest BCUT2D eigenvalue weighted by atomic mass is 10.3. The molecule has 21 heavy (non-hydrogen) atoms. The monoisotopic (exact) mass is 361 g/mol. The largest absolute Gasteiger partial charge is 0.397 e. The molecule has 13 heteroatoms. The molecule has 3 N–H and O–H groups in total. The van der Waals surface area contributed by atoms with Crippen molar-refractivity contribution in [1.82, 2.24) is 0 Å². The molecular weight excluding hydrogens is 350 g/mol. The van der Waals surface area contributed by atoms with E-state index in [0.29, 0.717) is 0 Å². The summed E-state index contributed by atoms with van der Waals surface area (Å²) in [6, 6.07) is 4.47. The fourth-order valence-electron chi connectivity index (χ4n) is 1.27. The van der Waals surface area contributed by atoms with Gasteiger partial charge in [0.2, 0.25) is 0 Å². The van der Waals surface area contributed by atoms with Crippen molar-refractivity contribution in [3.63, 3.8) is 0 Å². The van der Waals surface area contributed by atoms with Crippen molar-refractivity contribution >= 4 is 36.2 Å². The Morgan fingerprint density at radius 3 is 2.19 bits per heavy atom. The molecule has 1 aromatic carbocycles. The maximum Gasteiger partial charge on any atom is 0.397 e. The van der Waals surface area contributed by atoms with Crippen LogP contribution in [0.15, 0.2) is 29.2 Å². The third-order valence-electron chi connectivity index (χ3n) is 2.02. The summed E-state index contributed by atoms with van der Waals surface area (Å²) in [7, 11) is -13.3. The number of benzene rings is 1. The van der Waals surface area contributed by atoms with Gasteiger partial charge in [-0.15, -0.1) is 0 Å². The first-order valence-corrected chi connectivity index (χ1v) is 9.55. The summed E-state index contributed by atoms with van der Waals surface area (Å²) in [5.41, 5.74) is -0.200. The van der Waals surface area contributed by atoms with Crippen LogP contribution < -0.4 is 4.72 Å². The van der Waals surface area contributed by atoms with E-state index < -0.39 is 42.9 Å². The van der Waals surface area contributed by atoms with Gasteiger partial charge < -0.3 is 0 Å². The average molecular weight is 361 g/mol. The lowest BCUT2D eigenvalue weighted by molar-refractivity contribution is 0.284. The summed E-state index contributed by atoms with van der Waals surface area (Å²) in [5, 5.41) is 0. The first kappa shape index (κ1) is 17.8. The van der Waals surface area contributed by atoms with Crippen LogP contribution in [0.2, 0.25) is 0 Å². The van der Waals surface area contributed by atoms with E-state index in [1.54, 1.807) is 4.72 Å². The third kappa shape index (κ3) is 6.83. The van der Waals surface area contributed by atoms with E-state index in [1.807, 2.05) is 0 Å². The van der Waals surface area contributed by atoms with E-state index in [9.17, 15) is 25.3 Å². The molecule has 0 aliphatic rings. The molecule has 10 nitrogen and oxygen atoms in total. The molecule has 0 amide bonds. The smallest absolute Gasteiger partial charge is 0.269 e. The Hall–Kier alpha value is -1.25. The number of hydrogen-bond donors (Lipinski definition) is 3. The highest BCUT2D eigenvalue weighted by molar-refractivity contribution is 7.91. The second-order valence-corrected chi connectivity index (χ2v) is 8.03. The zero-order valence-electron chi connectivity index (χ0n) is 10.2. The van der Waals surface area contributed by atoms with Crippen molar-refractivity contribution in [2.75, 3.05) is 17.1 Å². The second-order valence-electron chi connectivity index (χ2n) is 3.67. The van der Waals surface area contributed by atoms with E-state index in [2.05, 4.69) is 4.18 Å². The lowest BCUT2D eigenvalue weighted by Gasteiger charge is -2.07. The molecule has 0 saturated carbocycles. The molecule has 0 bridgehead atoms. The van der Waals surface area contributed by atoms with Gasteiger partial charge in [0.1, 0.15) is 0 Å². The van der Waals surface area contributed by atoms with Crippen molar-refractivity contribution < 1.29 is 38.5 Å². The molecule has 120 valence electrons. The Kier molecular flexibility index (Phi) is 5.30. The molecular formula is C8H11NO9S3. The summed E-state index contributed by atoms with van der Waals surface area (Å²) in [5.74, 6) is -0.762. The van der Waals surface area contributed by atoms with Crippen molar-refractivity contribution in [3.8, 4) is 0 Å². The first-order valence-electron chi connectivity index (χ1n) is 5.09. The predicted octanol–water partition coefficient (Wildman–Crippen LogP) is -0.506. The van der Waals surface area contributed by atoms with E-state index in [4.69, 9.17) is 9.11 Å². The average Bonchev–Trinajstić information content (AvgIpc) is 2.24. The molecule has 0 heterocycles. The van der Waals surface area contributed by atoms with E-state index in [-0.39, 0.29) is 10.6 Å². The zero-order chi connectivity index (χ0) is 16.3. The molecule has 0 aromatic heterocycles. The topological polar surface area (TPSA) is 164 Å². The molecule has 0 spiro atoms.